The molecule has 3 heterocycles. The average Bonchev–Trinajstić information content (AvgIpc) is 3.44. The van der Waals surface area contributed by atoms with Crippen molar-refractivity contribution in [3.05, 3.63) is 113 Å². The highest BCUT2D eigenvalue weighted by atomic mass is 79.9. The van der Waals surface area contributed by atoms with E-state index in [2.05, 4.69) is 41.8 Å². The van der Waals surface area contributed by atoms with E-state index in [1.165, 1.54) is 0 Å². The van der Waals surface area contributed by atoms with Gasteiger partial charge >= 0.3 is 5.97 Å². The van der Waals surface area contributed by atoms with Gasteiger partial charge in [-0.1, -0.05) is 22.0 Å². The highest BCUT2D eigenvalue weighted by molar-refractivity contribution is 9.10. The molecule has 6 nitrogen and oxygen atoms in total. The minimum absolute atomic E-state index is 0.172. The number of hydrogen-bond donors (Lipinski definition) is 2. The molecule has 8 heteroatoms. The summed E-state index contributed by atoms with van der Waals surface area (Å²) in [6.07, 6.45) is 3.75. The van der Waals surface area contributed by atoms with Crippen LogP contribution in [-0.2, 0) is 0 Å². The van der Waals surface area contributed by atoms with E-state index in [1.54, 1.807) is 18.3 Å². The summed E-state index contributed by atoms with van der Waals surface area (Å²) in [4.78, 5) is 18.0. The first-order valence-corrected chi connectivity index (χ1v) is 11.5. The topological polar surface area (TPSA) is 70.4 Å². The number of thiocarbonyl (C=S) groups is 1. The lowest BCUT2D eigenvalue weighted by atomic mass is 10.0. The van der Waals surface area contributed by atoms with Crippen molar-refractivity contribution in [1.82, 2.24) is 14.9 Å². The van der Waals surface area contributed by atoms with Gasteiger partial charge in [-0.15, -0.1) is 0 Å². The Labute approximate surface area is 204 Å². The molecule has 0 bridgehead atoms. The third-order valence-corrected chi connectivity index (χ3v) is 6.52. The Hall–Kier alpha value is -3.49. The minimum Gasteiger partial charge on any atom is -0.478 e. The number of aromatic nitrogens is 2. The number of anilines is 1. The predicted octanol–water partition coefficient (Wildman–Crippen LogP) is 5.51. The predicted molar refractivity (Wildman–Crippen MR) is 135 cm³/mol. The molecule has 33 heavy (non-hydrogen) atoms. The quantitative estimate of drug-likeness (QED) is 0.339. The van der Waals surface area contributed by atoms with Crippen LogP contribution < -0.4 is 10.2 Å². The highest BCUT2D eigenvalue weighted by Gasteiger charge is 2.42. The smallest absolute Gasteiger partial charge is 0.335 e. The Morgan fingerprint density at radius 1 is 0.970 bits per heavy atom. The molecule has 1 aliphatic rings. The van der Waals surface area contributed by atoms with E-state index >= 15 is 0 Å². The summed E-state index contributed by atoms with van der Waals surface area (Å²) >= 11 is 9.30. The summed E-state index contributed by atoms with van der Waals surface area (Å²) in [6, 6.07) is 24.4. The fraction of sp³-hybridized carbons (Fsp3) is 0.0800. The van der Waals surface area contributed by atoms with Gasteiger partial charge in [0.1, 0.15) is 6.04 Å². The van der Waals surface area contributed by atoms with Gasteiger partial charge in [-0.3, -0.25) is 4.98 Å². The van der Waals surface area contributed by atoms with E-state index in [0.717, 1.165) is 27.2 Å². The molecule has 2 atom stereocenters. The Morgan fingerprint density at radius 2 is 1.70 bits per heavy atom. The van der Waals surface area contributed by atoms with Crippen LogP contribution in [0.2, 0.25) is 0 Å². The molecular formula is C25H19BrN4O2S. The minimum atomic E-state index is -0.948. The second-order valence-corrected chi connectivity index (χ2v) is 8.93. The molecule has 0 saturated carbocycles. The Kier molecular flexibility index (Phi) is 5.70. The van der Waals surface area contributed by atoms with Crippen molar-refractivity contribution in [3.63, 3.8) is 0 Å². The lowest BCUT2D eigenvalue weighted by Crippen LogP contribution is -2.30. The van der Waals surface area contributed by atoms with Crippen LogP contribution in [0.4, 0.5) is 5.69 Å². The standard InChI is InChI=1S/C25H19BrN4O2S/c26-17-8-12-19(13-9-17)30-23(22(28-25(30)33)20-4-1-2-14-27-20)21-5-3-15-29(21)18-10-6-16(7-11-18)24(31)32/h1-15,22-23H,(H,28,33)(H,31,32)/t22-,23-/m0/s1. The van der Waals surface area contributed by atoms with Crippen molar-refractivity contribution in [1.29, 1.82) is 0 Å². The number of aromatic carboxylic acids is 1. The van der Waals surface area contributed by atoms with Gasteiger partial charge in [0.2, 0.25) is 0 Å². The molecular weight excluding hydrogens is 500 g/mol. The van der Waals surface area contributed by atoms with Gasteiger partial charge < -0.3 is 19.9 Å². The Morgan fingerprint density at radius 3 is 2.36 bits per heavy atom. The molecule has 0 aliphatic carbocycles. The fourth-order valence-corrected chi connectivity index (χ4v) is 4.78. The Balaban J connectivity index is 1.63. The molecule has 1 aliphatic heterocycles. The maximum absolute atomic E-state index is 11.3. The Bertz CT molecular complexity index is 1310. The molecule has 0 amide bonds. The van der Waals surface area contributed by atoms with Crippen molar-refractivity contribution in [2.24, 2.45) is 0 Å². The third-order valence-electron chi connectivity index (χ3n) is 5.68. The number of carboxylic acid groups (broad SMARTS) is 1. The summed E-state index contributed by atoms with van der Waals surface area (Å²) in [6.45, 7) is 0. The number of rotatable bonds is 5. The van der Waals surface area contributed by atoms with Crippen LogP contribution in [0.25, 0.3) is 5.69 Å². The number of benzene rings is 2. The first-order chi connectivity index (χ1) is 16.0. The number of nitrogens with zero attached hydrogens (tertiary/aromatic N) is 3. The summed E-state index contributed by atoms with van der Waals surface area (Å²) in [5, 5.41) is 13.3. The second-order valence-electron chi connectivity index (χ2n) is 7.63. The first kappa shape index (κ1) is 21.4. The van der Waals surface area contributed by atoms with Crippen LogP contribution in [-0.4, -0.2) is 25.7 Å². The van der Waals surface area contributed by atoms with Crippen LogP contribution in [0, 0.1) is 0 Å². The molecule has 1 fully saturated rings. The first-order valence-electron chi connectivity index (χ1n) is 10.3. The summed E-state index contributed by atoms with van der Waals surface area (Å²) < 4.78 is 3.05. The van der Waals surface area contributed by atoms with Gasteiger partial charge in [0.25, 0.3) is 0 Å². The molecule has 2 aromatic carbocycles. The summed E-state index contributed by atoms with van der Waals surface area (Å²) in [5.74, 6) is -0.948. The molecule has 0 unspecified atom stereocenters. The number of nitrogens with one attached hydrogen (secondary N) is 1. The zero-order valence-corrected chi connectivity index (χ0v) is 19.7. The molecule has 4 aromatic rings. The van der Waals surface area contributed by atoms with Gasteiger partial charge in [-0.05, 0) is 85.0 Å². The van der Waals surface area contributed by atoms with Gasteiger partial charge in [-0.25, -0.2) is 4.79 Å². The van der Waals surface area contributed by atoms with Crippen molar-refractivity contribution in [2.45, 2.75) is 12.1 Å². The number of pyridine rings is 1. The van der Waals surface area contributed by atoms with Gasteiger partial charge in [0.15, 0.2) is 5.11 Å². The van der Waals surface area contributed by atoms with Crippen molar-refractivity contribution < 1.29 is 9.90 Å². The fourth-order valence-electron chi connectivity index (χ4n) is 4.17. The normalized spacial score (nSPS) is 17.7. The average molecular weight is 519 g/mol. The van der Waals surface area contributed by atoms with E-state index in [-0.39, 0.29) is 17.6 Å². The maximum Gasteiger partial charge on any atom is 0.335 e. The van der Waals surface area contributed by atoms with Crippen molar-refractivity contribution in [2.75, 3.05) is 4.90 Å². The zero-order valence-electron chi connectivity index (χ0n) is 17.3. The molecule has 2 N–H and O–H groups in total. The lowest BCUT2D eigenvalue weighted by Gasteiger charge is -2.29. The van der Waals surface area contributed by atoms with E-state index in [0.29, 0.717) is 5.11 Å². The van der Waals surface area contributed by atoms with Crippen LogP contribution in [0.1, 0.15) is 33.8 Å². The number of carbonyl (C=O) groups is 1. The number of halogens is 1. The summed E-state index contributed by atoms with van der Waals surface area (Å²) in [7, 11) is 0. The van der Waals surface area contributed by atoms with Crippen molar-refractivity contribution >= 4 is 44.9 Å². The SMILES string of the molecule is O=C(O)c1ccc(-n2cccc2[C@H]2[C@H](c3ccccn3)NC(=S)N2c2ccc(Br)cc2)cc1. The van der Waals surface area contributed by atoms with Crippen LogP contribution in [0.5, 0.6) is 0 Å². The largest absolute Gasteiger partial charge is 0.478 e. The van der Waals surface area contributed by atoms with E-state index < -0.39 is 5.97 Å². The van der Waals surface area contributed by atoms with Gasteiger partial charge in [0, 0.05) is 33.9 Å². The second kappa shape index (κ2) is 8.80. The highest BCUT2D eigenvalue weighted by Crippen LogP contribution is 2.42. The molecule has 5 rings (SSSR count). The monoisotopic (exact) mass is 518 g/mol. The van der Waals surface area contributed by atoms with Gasteiger partial charge in [0.05, 0.1) is 17.3 Å². The summed E-state index contributed by atoms with van der Waals surface area (Å²) in [5.41, 5.74) is 3.97. The van der Waals surface area contributed by atoms with Crippen LogP contribution in [0.15, 0.2) is 95.7 Å². The lowest BCUT2D eigenvalue weighted by molar-refractivity contribution is 0.0697. The van der Waals surface area contributed by atoms with E-state index in [9.17, 15) is 9.90 Å². The van der Waals surface area contributed by atoms with Crippen LogP contribution in [0.3, 0.4) is 0 Å². The molecule has 164 valence electrons. The van der Waals surface area contributed by atoms with E-state index in [1.807, 2.05) is 66.9 Å². The zero-order chi connectivity index (χ0) is 22.9. The molecule has 0 spiro atoms. The molecule has 2 aromatic heterocycles. The third kappa shape index (κ3) is 4.03. The van der Waals surface area contributed by atoms with E-state index in [4.69, 9.17) is 12.2 Å². The maximum atomic E-state index is 11.3. The molecule has 0 radical (unpaired) electrons. The molecule has 1 saturated heterocycles. The van der Waals surface area contributed by atoms with Gasteiger partial charge in [-0.2, -0.15) is 0 Å². The van der Waals surface area contributed by atoms with Crippen molar-refractivity contribution in [3.8, 4) is 5.69 Å². The van der Waals surface area contributed by atoms with Crippen LogP contribution >= 0.6 is 28.1 Å². The number of carboxylic acids is 1. The number of hydrogen-bond acceptors (Lipinski definition) is 3.